The van der Waals surface area contributed by atoms with E-state index in [0.717, 1.165) is 0 Å². The van der Waals surface area contributed by atoms with Gasteiger partial charge in [-0.25, -0.2) is 0 Å². The van der Waals surface area contributed by atoms with Crippen LogP contribution in [-0.2, 0) is 0 Å². The van der Waals surface area contributed by atoms with E-state index < -0.39 is 45.5 Å². The standard InChI is InChI=1S/C14H38Si6/c1-15(2)13-16(3,4)17(5,6)14(15)19(9,10)20(11,12)18(13,7)8/h13-14H,1-12H3/t13-,14-/m0/s1. The Morgan fingerprint density at radius 2 is 0.650 bits per heavy atom. The van der Waals surface area contributed by atoms with Gasteiger partial charge in [0, 0.05) is 45.5 Å². The topological polar surface area (TPSA) is 0 Å². The minimum atomic E-state index is -1.04. The quantitative estimate of drug-likeness (QED) is 0.498. The van der Waals surface area contributed by atoms with E-state index in [1.165, 1.54) is 9.58 Å². The number of rotatable bonds is 0. The summed E-state index contributed by atoms with van der Waals surface area (Å²) >= 11 is 0. The van der Waals surface area contributed by atoms with Crippen molar-refractivity contribution in [3.05, 3.63) is 0 Å². The average Bonchev–Trinajstić information content (AvgIpc) is 2.21. The van der Waals surface area contributed by atoms with Crippen molar-refractivity contribution < 1.29 is 0 Å². The monoisotopic (exact) mass is 374 g/mol. The Balaban J connectivity index is 2.88. The van der Waals surface area contributed by atoms with Crippen LogP contribution in [0.15, 0.2) is 0 Å². The predicted molar refractivity (Wildman–Crippen MR) is 112 cm³/mol. The fourth-order valence-corrected chi connectivity index (χ4v) is 153. The van der Waals surface area contributed by atoms with Crippen molar-refractivity contribution in [3.63, 3.8) is 0 Å². The van der Waals surface area contributed by atoms with Gasteiger partial charge in [0.1, 0.15) is 0 Å². The molecule has 2 rings (SSSR count). The lowest BCUT2D eigenvalue weighted by Crippen LogP contribution is -2.81. The average molecular weight is 375 g/mol. The van der Waals surface area contributed by atoms with E-state index in [4.69, 9.17) is 0 Å². The summed E-state index contributed by atoms with van der Waals surface area (Å²) in [6.07, 6.45) is 0. The molecule has 0 aromatic carbocycles. The van der Waals surface area contributed by atoms with Crippen molar-refractivity contribution in [1.29, 1.82) is 0 Å². The Morgan fingerprint density at radius 1 is 0.400 bits per heavy atom. The van der Waals surface area contributed by atoms with Crippen LogP contribution in [0.4, 0.5) is 0 Å². The molecule has 0 amide bonds. The van der Waals surface area contributed by atoms with Crippen molar-refractivity contribution in [1.82, 2.24) is 0 Å². The predicted octanol–water partition coefficient (Wildman–Crippen LogP) is 5.40. The molecule has 0 N–H and O–H groups in total. The smallest absolute Gasteiger partial charge is 0.0422 e. The Labute approximate surface area is 133 Å². The minimum absolute atomic E-state index is 0.994. The molecule has 2 heterocycles. The van der Waals surface area contributed by atoms with Crippen LogP contribution < -0.4 is 0 Å². The molecule has 2 saturated heterocycles. The summed E-state index contributed by atoms with van der Waals surface area (Å²) in [5.74, 6) is 0. The van der Waals surface area contributed by atoms with Crippen LogP contribution in [0.5, 0.6) is 0 Å². The maximum Gasteiger partial charge on any atom is 0.0422 e. The van der Waals surface area contributed by atoms with Gasteiger partial charge in [-0.2, -0.15) is 0 Å². The highest BCUT2D eigenvalue weighted by atomic mass is 29.7. The molecule has 0 aliphatic carbocycles. The lowest BCUT2D eigenvalue weighted by molar-refractivity contribution is 1.33. The fraction of sp³-hybridized carbons (Fsp3) is 1.00. The third kappa shape index (κ3) is 1.56. The Morgan fingerprint density at radius 3 is 0.900 bits per heavy atom. The van der Waals surface area contributed by atoms with Crippen molar-refractivity contribution in [2.45, 2.75) is 88.1 Å². The molecule has 20 heavy (non-hydrogen) atoms. The van der Waals surface area contributed by atoms with Crippen LogP contribution in [-0.4, -0.2) is 45.5 Å². The van der Waals surface area contributed by atoms with Crippen molar-refractivity contribution in [2.75, 3.05) is 0 Å². The second kappa shape index (κ2) is 4.03. The van der Waals surface area contributed by atoms with Gasteiger partial charge in [0.15, 0.2) is 0 Å². The van der Waals surface area contributed by atoms with Gasteiger partial charge in [-0.3, -0.25) is 0 Å². The molecular weight excluding hydrogens is 337 g/mol. The molecule has 0 spiro atoms. The molecule has 0 radical (unpaired) electrons. The van der Waals surface area contributed by atoms with Gasteiger partial charge in [0.25, 0.3) is 0 Å². The molecular formula is C14H38Si6. The van der Waals surface area contributed by atoms with Crippen LogP contribution in [0.1, 0.15) is 0 Å². The number of fused-ring (bicyclic) bond motifs is 2. The summed E-state index contributed by atoms with van der Waals surface area (Å²) in [6.45, 7) is 34.3. The largest absolute Gasteiger partial charge is 0.0731 e. The first kappa shape index (κ1) is 17.7. The molecule has 0 nitrogen and oxygen atoms in total. The highest BCUT2D eigenvalue weighted by molar-refractivity contribution is 7.80. The first-order chi connectivity index (χ1) is 8.48. The molecule has 2 atom stereocenters. The third-order valence-electron chi connectivity index (χ3n) is 9.26. The molecule has 2 aliphatic rings. The highest BCUT2D eigenvalue weighted by Crippen LogP contribution is 2.68. The van der Waals surface area contributed by atoms with Gasteiger partial charge in [0.2, 0.25) is 0 Å². The van der Waals surface area contributed by atoms with Crippen molar-refractivity contribution >= 4 is 45.5 Å². The second-order valence-electron chi connectivity index (χ2n) is 11.2. The Hall–Kier alpha value is 1.30. The van der Waals surface area contributed by atoms with Crippen LogP contribution in [0.25, 0.3) is 0 Å². The first-order valence-electron chi connectivity index (χ1n) is 8.48. The van der Waals surface area contributed by atoms with E-state index in [2.05, 4.69) is 78.6 Å². The summed E-state index contributed by atoms with van der Waals surface area (Å²) in [5.41, 5.74) is 0. The molecule has 2 fully saturated rings. The first-order valence-corrected chi connectivity index (χ1v) is 29.9. The molecule has 0 saturated carbocycles. The molecule has 0 aromatic heterocycles. The maximum atomic E-state index is 2.87. The molecule has 6 heteroatoms. The zero-order valence-corrected chi connectivity index (χ0v) is 22.2. The molecule has 0 aromatic rings. The van der Waals surface area contributed by atoms with Crippen LogP contribution in [0.3, 0.4) is 0 Å². The van der Waals surface area contributed by atoms with E-state index >= 15 is 0 Å². The molecule has 118 valence electrons. The summed E-state index contributed by atoms with van der Waals surface area (Å²) < 4.78 is 0. The number of hydrogen-bond donors (Lipinski definition) is 0. The Bertz CT molecular complexity index is 409. The van der Waals surface area contributed by atoms with Crippen molar-refractivity contribution in [3.8, 4) is 0 Å². The van der Waals surface area contributed by atoms with Gasteiger partial charge in [0.05, 0.1) is 0 Å². The zero-order valence-electron chi connectivity index (χ0n) is 16.2. The molecule has 0 unspecified atom stereocenters. The normalized spacial score (nSPS) is 41.4. The lowest BCUT2D eigenvalue weighted by atomic mass is 11.7. The molecule has 2 aliphatic heterocycles. The van der Waals surface area contributed by atoms with E-state index in [-0.39, 0.29) is 0 Å². The lowest BCUT2D eigenvalue weighted by Gasteiger charge is -2.64. The van der Waals surface area contributed by atoms with Gasteiger partial charge in [-0.05, 0) is 0 Å². The fourth-order valence-electron chi connectivity index (χ4n) is 7.99. The Kier molecular flexibility index (Phi) is 3.56. The van der Waals surface area contributed by atoms with E-state index in [0.29, 0.717) is 0 Å². The summed E-state index contributed by atoms with van der Waals surface area (Å²) in [6, 6.07) is 0. The molecule has 2 bridgehead atoms. The van der Waals surface area contributed by atoms with Gasteiger partial charge in [-0.15, -0.1) is 0 Å². The van der Waals surface area contributed by atoms with Crippen molar-refractivity contribution in [2.24, 2.45) is 0 Å². The zero-order chi connectivity index (χ0) is 16.2. The number of hydrogen-bond acceptors (Lipinski definition) is 0. The third-order valence-corrected chi connectivity index (χ3v) is 105. The van der Waals surface area contributed by atoms with Gasteiger partial charge in [-0.1, -0.05) is 88.1 Å². The highest BCUT2D eigenvalue weighted by Gasteiger charge is 2.80. The summed E-state index contributed by atoms with van der Waals surface area (Å²) in [4.78, 5) is 2.66. The van der Waals surface area contributed by atoms with E-state index in [1.807, 2.05) is 0 Å². The van der Waals surface area contributed by atoms with E-state index in [1.54, 1.807) is 0 Å². The van der Waals surface area contributed by atoms with Gasteiger partial charge < -0.3 is 0 Å². The van der Waals surface area contributed by atoms with Gasteiger partial charge >= 0.3 is 0 Å². The summed E-state index contributed by atoms with van der Waals surface area (Å²) in [7, 11) is -6.14. The van der Waals surface area contributed by atoms with E-state index in [9.17, 15) is 0 Å². The SMILES string of the molecule is C[Si]1(C)[C@H]2[Si](C)(C)[Si](C)(C)[C@H]1[Si](C)(C)[Si](C)(C)[Si]2(C)C. The second-order valence-corrected chi connectivity index (χ2v) is 63.3. The maximum absolute atomic E-state index is 2.87. The van der Waals surface area contributed by atoms with Crippen LogP contribution in [0, 0.1) is 0 Å². The minimum Gasteiger partial charge on any atom is -0.0731 e. The van der Waals surface area contributed by atoms with Crippen LogP contribution in [0.2, 0.25) is 88.1 Å². The summed E-state index contributed by atoms with van der Waals surface area (Å²) in [5, 5.41) is 0. The van der Waals surface area contributed by atoms with Crippen LogP contribution >= 0.6 is 0 Å².